The minimum Gasteiger partial charge on any atom is -0.481 e. The zero-order valence-electron chi connectivity index (χ0n) is 9.83. The van der Waals surface area contributed by atoms with Crippen LogP contribution < -0.4 is 0 Å². The Kier molecular flexibility index (Phi) is 4.28. The predicted octanol–water partition coefficient (Wildman–Crippen LogP) is 0.241. The third-order valence-electron chi connectivity index (χ3n) is 2.51. The van der Waals surface area contributed by atoms with Gasteiger partial charge in [0.1, 0.15) is 0 Å². The van der Waals surface area contributed by atoms with E-state index in [-0.39, 0.29) is 12.2 Å². The number of carboxylic acid groups (broad SMARTS) is 1. The van der Waals surface area contributed by atoms with Crippen LogP contribution in [-0.4, -0.2) is 40.3 Å². The minimum atomic E-state index is -3.36. The molecule has 1 unspecified atom stereocenters. The van der Waals surface area contributed by atoms with E-state index in [1.54, 1.807) is 24.1 Å². The number of rotatable bonds is 6. The first-order valence-electron chi connectivity index (χ1n) is 5.22. The largest absolute Gasteiger partial charge is 0.481 e. The van der Waals surface area contributed by atoms with E-state index in [0.717, 1.165) is 5.56 Å². The summed E-state index contributed by atoms with van der Waals surface area (Å²) in [5.74, 6) is -1.14. The molecule has 96 valence electrons. The van der Waals surface area contributed by atoms with Gasteiger partial charge >= 0.3 is 5.97 Å². The lowest BCUT2D eigenvalue weighted by molar-refractivity contribution is -0.136. The van der Waals surface area contributed by atoms with Gasteiger partial charge in [-0.3, -0.25) is 9.48 Å². The van der Waals surface area contributed by atoms with Crippen LogP contribution in [0.25, 0.3) is 0 Å². The molecule has 0 spiro atoms. The molecule has 0 saturated heterocycles. The van der Waals surface area contributed by atoms with Crippen molar-refractivity contribution in [2.45, 2.75) is 25.0 Å². The zero-order chi connectivity index (χ0) is 13.1. The van der Waals surface area contributed by atoms with Gasteiger partial charge in [0.25, 0.3) is 0 Å². The Morgan fingerprint density at radius 1 is 1.59 bits per heavy atom. The molecule has 1 N–H and O–H groups in total. The molecule has 1 heterocycles. The smallest absolute Gasteiger partial charge is 0.304 e. The van der Waals surface area contributed by atoms with Crippen LogP contribution in [0.2, 0.25) is 0 Å². The molecule has 0 aromatic carbocycles. The van der Waals surface area contributed by atoms with E-state index < -0.39 is 21.1 Å². The van der Waals surface area contributed by atoms with Crippen LogP contribution in [-0.2, 0) is 28.1 Å². The molecular weight excluding hydrogens is 244 g/mol. The van der Waals surface area contributed by atoms with Gasteiger partial charge in [0.05, 0.1) is 23.6 Å². The normalized spacial score (nSPS) is 13.5. The molecule has 6 nitrogen and oxygen atoms in total. The second-order valence-corrected chi connectivity index (χ2v) is 6.59. The summed E-state index contributed by atoms with van der Waals surface area (Å²) in [6, 6.07) is 0. The Morgan fingerprint density at radius 2 is 2.24 bits per heavy atom. The monoisotopic (exact) mass is 260 g/mol. The minimum absolute atomic E-state index is 0.0485. The second-order valence-electron chi connectivity index (χ2n) is 4.05. The lowest BCUT2D eigenvalue weighted by atomic mass is 10.3. The summed E-state index contributed by atoms with van der Waals surface area (Å²) < 4.78 is 25.1. The quantitative estimate of drug-likeness (QED) is 0.791. The summed E-state index contributed by atoms with van der Waals surface area (Å²) in [5, 5.41) is 11.6. The number of carboxylic acids is 1. The van der Waals surface area contributed by atoms with Crippen molar-refractivity contribution < 1.29 is 18.3 Å². The molecule has 1 rings (SSSR count). The molecule has 17 heavy (non-hydrogen) atoms. The van der Waals surface area contributed by atoms with Crippen LogP contribution in [0.1, 0.15) is 18.9 Å². The van der Waals surface area contributed by atoms with E-state index in [1.807, 2.05) is 0 Å². The van der Waals surface area contributed by atoms with Gasteiger partial charge in [-0.15, -0.1) is 0 Å². The van der Waals surface area contributed by atoms with Crippen LogP contribution in [0.5, 0.6) is 0 Å². The van der Waals surface area contributed by atoms with Gasteiger partial charge in [-0.25, -0.2) is 8.42 Å². The number of aliphatic carboxylic acids is 1. The summed E-state index contributed by atoms with van der Waals surface area (Å²) in [4.78, 5) is 10.5. The van der Waals surface area contributed by atoms with Crippen molar-refractivity contribution in [2.75, 3.05) is 5.75 Å². The van der Waals surface area contributed by atoms with E-state index >= 15 is 0 Å². The average Bonchev–Trinajstić information content (AvgIpc) is 2.60. The SMILES string of the molecule is CC(CC(=O)O)S(=O)(=O)CCc1cnn(C)c1. The van der Waals surface area contributed by atoms with Crippen LogP contribution >= 0.6 is 0 Å². The molecule has 1 aromatic heterocycles. The molecule has 0 bridgehead atoms. The fourth-order valence-corrected chi connectivity index (χ4v) is 2.75. The number of carbonyl (C=O) groups is 1. The van der Waals surface area contributed by atoms with Crippen molar-refractivity contribution in [2.24, 2.45) is 7.05 Å². The lowest BCUT2D eigenvalue weighted by Gasteiger charge is -2.09. The fraction of sp³-hybridized carbons (Fsp3) is 0.600. The maximum absolute atomic E-state index is 11.8. The summed E-state index contributed by atoms with van der Waals surface area (Å²) >= 11 is 0. The Labute approximate surface area is 100 Å². The van der Waals surface area contributed by atoms with Gasteiger partial charge in [0, 0.05) is 13.2 Å². The highest BCUT2D eigenvalue weighted by Crippen LogP contribution is 2.09. The second kappa shape index (κ2) is 5.31. The van der Waals surface area contributed by atoms with Crippen LogP contribution in [0.15, 0.2) is 12.4 Å². The van der Waals surface area contributed by atoms with Gasteiger partial charge in [-0.1, -0.05) is 0 Å². The van der Waals surface area contributed by atoms with E-state index in [0.29, 0.717) is 6.42 Å². The van der Waals surface area contributed by atoms with Gasteiger partial charge in [-0.05, 0) is 18.9 Å². The maximum Gasteiger partial charge on any atom is 0.304 e. The Morgan fingerprint density at radius 3 is 2.71 bits per heavy atom. The standard InChI is InChI=1S/C10H16N2O4S/c1-8(5-10(13)14)17(15,16)4-3-9-6-11-12(2)7-9/h6-8H,3-5H2,1-2H3,(H,13,14). The molecule has 0 aliphatic rings. The van der Waals surface area contributed by atoms with Crippen LogP contribution in [0.4, 0.5) is 0 Å². The van der Waals surface area contributed by atoms with E-state index in [4.69, 9.17) is 5.11 Å². The molecule has 0 fully saturated rings. The summed E-state index contributed by atoms with van der Waals surface area (Å²) in [7, 11) is -1.61. The molecule has 0 aliphatic heterocycles. The van der Waals surface area contributed by atoms with E-state index in [9.17, 15) is 13.2 Å². The third-order valence-corrected chi connectivity index (χ3v) is 4.67. The number of hydrogen-bond acceptors (Lipinski definition) is 4. The molecule has 0 aliphatic carbocycles. The van der Waals surface area contributed by atoms with Gasteiger partial charge in [-0.2, -0.15) is 5.10 Å². The topological polar surface area (TPSA) is 89.3 Å². The fourth-order valence-electron chi connectivity index (χ4n) is 1.44. The van der Waals surface area contributed by atoms with Gasteiger partial charge in [0.15, 0.2) is 9.84 Å². The van der Waals surface area contributed by atoms with Crippen molar-refractivity contribution in [3.63, 3.8) is 0 Å². The highest BCUT2D eigenvalue weighted by molar-refractivity contribution is 7.92. The van der Waals surface area contributed by atoms with Crippen LogP contribution in [0, 0.1) is 0 Å². The van der Waals surface area contributed by atoms with E-state index in [2.05, 4.69) is 5.10 Å². The highest BCUT2D eigenvalue weighted by atomic mass is 32.2. The lowest BCUT2D eigenvalue weighted by Crippen LogP contribution is -2.24. The molecule has 1 aromatic rings. The Bertz CT molecular complexity index is 492. The molecule has 7 heteroatoms. The molecule has 1 atom stereocenters. The summed E-state index contributed by atoms with van der Waals surface area (Å²) in [5.41, 5.74) is 0.832. The first-order chi connectivity index (χ1) is 7.81. The third kappa shape index (κ3) is 4.18. The Hall–Kier alpha value is -1.37. The van der Waals surface area contributed by atoms with E-state index in [1.165, 1.54) is 6.92 Å². The number of aromatic nitrogens is 2. The number of hydrogen-bond donors (Lipinski definition) is 1. The van der Waals surface area contributed by atoms with Gasteiger partial charge < -0.3 is 5.11 Å². The zero-order valence-corrected chi connectivity index (χ0v) is 10.6. The van der Waals surface area contributed by atoms with Gasteiger partial charge in [0.2, 0.25) is 0 Å². The maximum atomic E-state index is 11.8. The highest BCUT2D eigenvalue weighted by Gasteiger charge is 2.23. The van der Waals surface area contributed by atoms with Crippen molar-refractivity contribution in [3.05, 3.63) is 18.0 Å². The summed E-state index contributed by atoms with van der Waals surface area (Å²) in [6.45, 7) is 1.42. The average molecular weight is 260 g/mol. The first kappa shape index (κ1) is 13.7. The van der Waals surface area contributed by atoms with Crippen molar-refractivity contribution >= 4 is 15.8 Å². The van der Waals surface area contributed by atoms with Crippen molar-refractivity contribution in [1.82, 2.24) is 9.78 Å². The first-order valence-corrected chi connectivity index (χ1v) is 6.93. The van der Waals surface area contributed by atoms with Crippen LogP contribution in [0.3, 0.4) is 0 Å². The van der Waals surface area contributed by atoms with Crippen molar-refractivity contribution in [3.8, 4) is 0 Å². The Balaban J connectivity index is 2.58. The number of sulfone groups is 1. The molecule has 0 saturated carbocycles. The molecule has 0 amide bonds. The summed E-state index contributed by atoms with van der Waals surface area (Å²) in [6.07, 6.45) is 3.37. The number of nitrogens with zero attached hydrogens (tertiary/aromatic N) is 2. The number of aryl methyl sites for hydroxylation is 2. The molecule has 0 radical (unpaired) electrons. The molecular formula is C10H16N2O4S. The van der Waals surface area contributed by atoms with Crippen molar-refractivity contribution in [1.29, 1.82) is 0 Å². The predicted molar refractivity (Wildman–Crippen MR) is 62.4 cm³/mol.